The molecule has 4 rings (SSSR count). The van der Waals surface area contributed by atoms with Crippen molar-refractivity contribution in [2.75, 3.05) is 37.3 Å². The summed E-state index contributed by atoms with van der Waals surface area (Å²) in [7, 11) is 0. The number of aromatic nitrogens is 1. The summed E-state index contributed by atoms with van der Waals surface area (Å²) in [6, 6.07) is 5.72. The summed E-state index contributed by atoms with van der Waals surface area (Å²) in [6.45, 7) is 13.1. The van der Waals surface area contributed by atoms with Gasteiger partial charge in [0.25, 0.3) is 0 Å². The zero-order valence-corrected chi connectivity index (χ0v) is 23.2. The highest BCUT2D eigenvalue weighted by Gasteiger charge is 2.39. The lowest BCUT2D eigenvalue weighted by Crippen LogP contribution is -2.56. The number of benzene rings is 1. The maximum Gasteiger partial charge on any atom is 0.416 e. The Balaban J connectivity index is 0.00000176. The van der Waals surface area contributed by atoms with Crippen molar-refractivity contribution in [2.45, 2.75) is 57.7 Å². The number of anilines is 1. The average molecular weight is 542 g/mol. The Morgan fingerprint density at radius 2 is 1.78 bits per heavy atom. The van der Waals surface area contributed by atoms with Gasteiger partial charge in [0, 0.05) is 55.1 Å². The van der Waals surface area contributed by atoms with Crippen LogP contribution in [0.5, 0.6) is 0 Å². The van der Waals surface area contributed by atoms with E-state index in [9.17, 15) is 18.0 Å². The summed E-state index contributed by atoms with van der Waals surface area (Å²) in [5, 5.41) is 0.820. The number of thioether (sulfide) groups is 1. The molecule has 36 heavy (non-hydrogen) atoms. The van der Waals surface area contributed by atoms with Gasteiger partial charge in [-0.1, -0.05) is 17.8 Å². The van der Waals surface area contributed by atoms with Crippen molar-refractivity contribution in [3.05, 3.63) is 47.4 Å². The quantitative estimate of drug-likeness (QED) is 0.466. The highest BCUT2D eigenvalue weighted by molar-refractivity contribution is 8.15. The minimum absolute atomic E-state index is 0.0219. The Bertz CT molecular complexity index is 1130. The van der Waals surface area contributed by atoms with Gasteiger partial charge in [0.05, 0.1) is 16.3 Å². The van der Waals surface area contributed by atoms with Crippen molar-refractivity contribution in [1.82, 2.24) is 9.88 Å². The largest absolute Gasteiger partial charge is 0.489 e. The third-order valence-corrected chi connectivity index (χ3v) is 8.05. The van der Waals surface area contributed by atoms with Crippen LogP contribution in [0, 0.1) is 0 Å². The van der Waals surface area contributed by atoms with Crippen molar-refractivity contribution in [1.29, 1.82) is 0 Å². The van der Waals surface area contributed by atoms with Gasteiger partial charge in [0.2, 0.25) is 5.12 Å². The van der Waals surface area contributed by atoms with E-state index in [0.29, 0.717) is 11.1 Å². The van der Waals surface area contributed by atoms with Crippen LogP contribution in [0.15, 0.2) is 41.8 Å². The first-order chi connectivity index (χ1) is 16.9. The second kappa shape index (κ2) is 11.2. The molecule has 1 aromatic carbocycles. The molecular formula is C26H34F3N3O2S2. The van der Waals surface area contributed by atoms with E-state index in [1.807, 2.05) is 19.9 Å². The molecule has 198 valence electrons. The molecule has 0 radical (unpaired) electrons. The van der Waals surface area contributed by atoms with Crippen LogP contribution in [0.25, 0.3) is 10.9 Å². The molecule has 2 aromatic rings. The predicted molar refractivity (Wildman–Crippen MR) is 145 cm³/mol. The molecule has 1 aromatic heterocycles. The number of ether oxygens (including phenoxy) is 1. The monoisotopic (exact) mass is 541 g/mol. The fraction of sp³-hybridized carbons (Fsp3) is 0.538. The summed E-state index contributed by atoms with van der Waals surface area (Å²) in [6.07, 6.45) is -1.12. The molecule has 10 heteroatoms. The van der Waals surface area contributed by atoms with Crippen molar-refractivity contribution < 1.29 is 22.7 Å². The van der Waals surface area contributed by atoms with Crippen LogP contribution in [-0.4, -0.2) is 64.3 Å². The van der Waals surface area contributed by atoms with Gasteiger partial charge < -0.3 is 9.64 Å². The number of fused-ring (bicyclic) bond motifs is 1. The number of halogens is 3. The van der Waals surface area contributed by atoms with E-state index in [1.165, 1.54) is 17.8 Å². The third kappa shape index (κ3) is 5.97. The van der Waals surface area contributed by atoms with Crippen LogP contribution in [-0.2, 0) is 15.7 Å². The molecule has 2 unspecified atom stereocenters. The predicted octanol–water partition coefficient (Wildman–Crippen LogP) is 6.04. The molecule has 0 amide bonds. The second-order valence-electron chi connectivity index (χ2n) is 9.50. The Kier molecular flexibility index (Phi) is 8.94. The smallest absolute Gasteiger partial charge is 0.416 e. The number of thiol groups is 1. The Hall–Kier alpha value is -1.91. The first-order valence-corrected chi connectivity index (χ1v) is 13.7. The van der Waals surface area contributed by atoms with E-state index >= 15 is 0 Å². The van der Waals surface area contributed by atoms with E-state index < -0.39 is 17.3 Å². The van der Waals surface area contributed by atoms with Gasteiger partial charge >= 0.3 is 6.18 Å². The third-order valence-electron chi connectivity index (χ3n) is 6.96. The summed E-state index contributed by atoms with van der Waals surface area (Å²) in [4.78, 5) is 20.8. The SMILES string of the molecule is CC1=C(OC(C)(C)C(C)N2CCN(c3ccnc4cc(C(F)(F)F)ccc34)CC2)C(C)SC1=O.CS. The van der Waals surface area contributed by atoms with Gasteiger partial charge in [-0.05, 0) is 59.1 Å². The minimum Gasteiger partial charge on any atom is -0.489 e. The minimum atomic E-state index is -4.39. The number of alkyl halides is 3. The van der Waals surface area contributed by atoms with Gasteiger partial charge in [-0.2, -0.15) is 25.8 Å². The molecule has 2 atom stereocenters. The molecule has 2 aliphatic rings. The summed E-state index contributed by atoms with van der Waals surface area (Å²) in [5.74, 6) is 0.770. The van der Waals surface area contributed by atoms with Gasteiger partial charge in [0.15, 0.2) is 0 Å². The number of nitrogens with zero attached hydrogens (tertiary/aromatic N) is 3. The normalized spacial score (nSPS) is 20.4. The zero-order valence-electron chi connectivity index (χ0n) is 21.5. The zero-order chi connectivity index (χ0) is 26.8. The number of carbonyl (C=O) groups is 1. The fourth-order valence-corrected chi connectivity index (χ4v) is 5.54. The van der Waals surface area contributed by atoms with E-state index in [4.69, 9.17) is 4.74 Å². The lowest BCUT2D eigenvalue weighted by atomic mass is 9.97. The number of carbonyl (C=O) groups excluding carboxylic acids is 1. The Morgan fingerprint density at radius 3 is 2.33 bits per heavy atom. The summed E-state index contributed by atoms with van der Waals surface area (Å²) < 4.78 is 45.7. The first-order valence-electron chi connectivity index (χ1n) is 11.9. The van der Waals surface area contributed by atoms with Crippen LogP contribution < -0.4 is 4.90 Å². The van der Waals surface area contributed by atoms with Crippen molar-refractivity contribution in [3.8, 4) is 0 Å². The van der Waals surface area contributed by atoms with E-state index in [1.54, 1.807) is 12.5 Å². The van der Waals surface area contributed by atoms with Gasteiger partial charge in [0.1, 0.15) is 11.4 Å². The van der Waals surface area contributed by atoms with Crippen molar-refractivity contribution in [3.63, 3.8) is 0 Å². The maximum absolute atomic E-state index is 13.1. The molecular weight excluding hydrogens is 507 g/mol. The topological polar surface area (TPSA) is 45.7 Å². The first kappa shape index (κ1) is 28.7. The molecule has 3 heterocycles. The number of pyridine rings is 1. The van der Waals surface area contributed by atoms with E-state index in [0.717, 1.165) is 55.1 Å². The average Bonchev–Trinajstić information content (AvgIpc) is 3.09. The van der Waals surface area contributed by atoms with Gasteiger partial charge in [-0.3, -0.25) is 14.7 Å². The van der Waals surface area contributed by atoms with E-state index in [-0.39, 0.29) is 16.4 Å². The van der Waals surface area contributed by atoms with Crippen molar-refractivity contribution >= 4 is 46.1 Å². The molecule has 2 aliphatic heterocycles. The highest BCUT2D eigenvalue weighted by Crippen LogP contribution is 2.38. The molecule has 0 aliphatic carbocycles. The molecule has 0 N–H and O–H groups in total. The Morgan fingerprint density at radius 1 is 1.14 bits per heavy atom. The van der Waals surface area contributed by atoms with Crippen LogP contribution >= 0.6 is 24.4 Å². The lowest BCUT2D eigenvalue weighted by Gasteiger charge is -2.45. The summed E-state index contributed by atoms with van der Waals surface area (Å²) in [5.41, 5.74) is 0.765. The number of rotatable bonds is 5. The molecule has 0 saturated carbocycles. The fourth-order valence-electron chi connectivity index (χ4n) is 4.61. The Labute approximate surface area is 220 Å². The molecule has 0 spiro atoms. The van der Waals surface area contributed by atoms with Crippen LogP contribution in [0.1, 0.15) is 40.2 Å². The van der Waals surface area contributed by atoms with E-state index in [2.05, 4.69) is 48.2 Å². The van der Waals surface area contributed by atoms with Gasteiger partial charge in [-0.25, -0.2) is 0 Å². The molecule has 1 fully saturated rings. The standard InChI is InChI=1S/C25H30F3N3O2S.CH4S/c1-15-22(16(2)34-23(15)32)33-24(4,5)17(3)30-10-12-31(13-11-30)21-8-9-29-20-14-18(25(26,27)28)6-7-19(20)21;1-2/h6-9,14,16-17H,10-13H2,1-5H3;2H,1H3. The lowest BCUT2D eigenvalue weighted by molar-refractivity contribution is -0.137. The molecule has 1 saturated heterocycles. The van der Waals surface area contributed by atoms with Crippen LogP contribution in [0.3, 0.4) is 0 Å². The highest BCUT2D eigenvalue weighted by atomic mass is 32.2. The van der Waals surface area contributed by atoms with Crippen molar-refractivity contribution in [2.24, 2.45) is 0 Å². The van der Waals surface area contributed by atoms with Crippen LogP contribution in [0.2, 0.25) is 0 Å². The second-order valence-corrected chi connectivity index (χ2v) is 10.8. The number of hydrogen-bond acceptors (Lipinski definition) is 7. The number of hydrogen-bond donors (Lipinski definition) is 1. The summed E-state index contributed by atoms with van der Waals surface area (Å²) >= 11 is 4.83. The van der Waals surface area contributed by atoms with Crippen LogP contribution in [0.4, 0.5) is 18.9 Å². The molecule has 0 bridgehead atoms. The van der Waals surface area contributed by atoms with Gasteiger partial charge in [-0.15, -0.1) is 0 Å². The molecule has 5 nitrogen and oxygen atoms in total. The maximum atomic E-state index is 13.1. The number of piperazine rings is 1.